The van der Waals surface area contributed by atoms with Crippen LogP contribution in [0.4, 0.5) is 0 Å². The molecule has 0 bridgehead atoms. The summed E-state index contributed by atoms with van der Waals surface area (Å²) in [6, 6.07) is 14.4. The highest BCUT2D eigenvalue weighted by Crippen LogP contribution is 2.26. The molecular formula is C19H18ClN3O3. The largest absolute Gasteiger partial charge is 0.496 e. The Hall–Kier alpha value is -2.86. The standard InChI is InChI=1S/C19H18ClN3O3/c1-23(19(24)14-8-4-6-10-16(14)25-2)12-11-17-21-18(26-22-17)13-7-3-5-9-15(13)20/h3-10H,11-12H2,1-2H3. The zero-order valence-electron chi connectivity index (χ0n) is 14.5. The van der Waals surface area contributed by atoms with Gasteiger partial charge < -0.3 is 14.2 Å². The molecule has 0 atom stereocenters. The number of methoxy groups -OCH3 is 1. The fourth-order valence-corrected chi connectivity index (χ4v) is 2.71. The van der Waals surface area contributed by atoms with Gasteiger partial charge in [0, 0.05) is 20.0 Å². The van der Waals surface area contributed by atoms with Crippen molar-refractivity contribution in [3.8, 4) is 17.2 Å². The molecule has 1 heterocycles. The van der Waals surface area contributed by atoms with Crippen molar-refractivity contribution in [2.45, 2.75) is 6.42 Å². The van der Waals surface area contributed by atoms with Gasteiger partial charge in [0.05, 0.1) is 23.3 Å². The van der Waals surface area contributed by atoms with Gasteiger partial charge in [0.2, 0.25) is 0 Å². The Morgan fingerprint density at radius 3 is 2.69 bits per heavy atom. The average Bonchev–Trinajstić information content (AvgIpc) is 3.14. The maximum Gasteiger partial charge on any atom is 0.259 e. The maximum atomic E-state index is 12.6. The lowest BCUT2D eigenvalue weighted by molar-refractivity contribution is 0.0792. The minimum absolute atomic E-state index is 0.128. The van der Waals surface area contributed by atoms with Crippen LogP contribution >= 0.6 is 11.6 Å². The van der Waals surface area contributed by atoms with Crippen LogP contribution in [-0.4, -0.2) is 41.6 Å². The van der Waals surface area contributed by atoms with Gasteiger partial charge in [-0.1, -0.05) is 41.0 Å². The molecule has 0 radical (unpaired) electrons. The quantitative estimate of drug-likeness (QED) is 0.660. The molecule has 7 heteroatoms. The number of hydrogen-bond donors (Lipinski definition) is 0. The second-order valence-electron chi connectivity index (χ2n) is 5.67. The number of carbonyl (C=O) groups is 1. The summed E-state index contributed by atoms with van der Waals surface area (Å²) in [6.45, 7) is 0.443. The van der Waals surface area contributed by atoms with Crippen LogP contribution in [0.3, 0.4) is 0 Å². The van der Waals surface area contributed by atoms with Crippen molar-refractivity contribution in [1.82, 2.24) is 15.0 Å². The van der Waals surface area contributed by atoms with E-state index in [2.05, 4.69) is 10.1 Å². The van der Waals surface area contributed by atoms with Crippen molar-refractivity contribution in [2.24, 2.45) is 0 Å². The molecule has 0 aliphatic carbocycles. The molecule has 0 saturated carbocycles. The lowest BCUT2D eigenvalue weighted by Gasteiger charge is -2.17. The van der Waals surface area contributed by atoms with Crippen molar-refractivity contribution in [3.05, 3.63) is 64.9 Å². The van der Waals surface area contributed by atoms with Crippen molar-refractivity contribution in [3.63, 3.8) is 0 Å². The van der Waals surface area contributed by atoms with Crippen molar-refractivity contribution in [1.29, 1.82) is 0 Å². The maximum absolute atomic E-state index is 12.6. The number of hydrogen-bond acceptors (Lipinski definition) is 5. The SMILES string of the molecule is COc1ccccc1C(=O)N(C)CCc1noc(-c2ccccc2Cl)n1. The molecule has 0 N–H and O–H groups in total. The highest BCUT2D eigenvalue weighted by Gasteiger charge is 2.17. The summed E-state index contributed by atoms with van der Waals surface area (Å²) < 4.78 is 10.5. The molecule has 134 valence electrons. The van der Waals surface area contributed by atoms with Crippen LogP contribution in [0.25, 0.3) is 11.5 Å². The zero-order valence-corrected chi connectivity index (χ0v) is 15.2. The Bertz CT molecular complexity index is 910. The number of benzene rings is 2. The van der Waals surface area contributed by atoms with E-state index in [4.69, 9.17) is 20.9 Å². The van der Waals surface area contributed by atoms with Crippen LogP contribution in [0, 0.1) is 0 Å². The van der Waals surface area contributed by atoms with E-state index in [0.29, 0.717) is 46.6 Å². The molecular weight excluding hydrogens is 354 g/mol. The number of rotatable bonds is 6. The summed E-state index contributed by atoms with van der Waals surface area (Å²) in [5, 5.41) is 4.51. The van der Waals surface area contributed by atoms with Crippen LogP contribution in [0.15, 0.2) is 53.1 Å². The molecule has 2 aromatic carbocycles. The second-order valence-corrected chi connectivity index (χ2v) is 6.08. The predicted molar refractivity (Wildman–Crippen MR) is 98.4 cm³/mol. The van der Waals surface area contributed by atoms with Crippen molar-refractivity contribution < 1.29 is 14.1 Å². The number of amides is 1. The number of halogens is 1. The Balaban J connectivity index is 1.66. The number of para-hydroxylation sites is 1. The summed E-state index contributed by atoms with van der Waals surface area (Å²) in [4.78, 5) is 18.5. The lowest BCUT2D eigenvalue weighted by Crippen LogP contribution is -2.29. The van der Waals surface area contributed by atoms with Crippen molar-refractivity contribution in [2.75, 3.05) is 20.7 Å². The van der Waals surface area contributed by atoms with Crippen molar-refractivity contribution >= 4 is 17.5 Å². The summed E-state index contributed by atoms with van der Waals surface area (Å²) >= 11 is 6.14. The van der Waals surface area contributed by atoms with Gasteiger partial charge in [-0.05, 0) is 24.3 Å². The molecule has 0 saturated heterocycles. The van der Waals surface area contributed by atoms with E-state index in [1.165, 1.54) is 0 Å². The second kappa shape index (κ2) is 8.01. The van der Waals surface area contributed by atoms with Crippen LogP contribution in [0.2, 0.25) is 5.02 Å². The van der Waals surface area contributed by atoms with Gasteiger partial charge >= 0.3 is 0 Å². The molecule has 0 aliphatic heterocycles. The molecule has 26 heavy (non-hydrogen) atoms. The van der Waals surface area contributed by atoms with Gasteiger partial charge in [-0.15, -0.1) is 0 Å². The van der Waals surface area contributed by atoms with Gasteiger partial charge in [0.15, 0.2) is 5.82 Å². The van der Waals surface area contributed by atoms with Crippen LogP contribution < -0.4 is 4.74 Å². The highest BCUT2D eigenvalue weighted by molar-refractivity contribution is 6.33. The number of ether oxygens (including phenoxy) is 1. The Morgan fingerprint density at radius 1 is 1.19 bits per heavy atom. The predicted octanol–water partition coefficient (Wildman–Crippen LogP) is 3.71. The molecule has 3 rings (SSSR count). The number of likely N-dealkylation sites (N-methyl/N-ethyl adjacent to an activating group) is 1. The van der Waals surface area contributed by atoms with Gasteiger partial charge in [0.25, 0.3) is 11.8 Å². The van der Waals surface area contributed by atoms with E-state index in [-0.39, 0.29) is 5.91 Å². The van der Waals surface area contributed by atoms with Gasteiger partial charge in [-0.2, -0.15) is 4.98 Å². The van der Waals surface area contributed by atoms with E-state index in [0.717, 1.165) is 0 Å². The first-order valence-corrected chi connectivity index (χ1v) is 8.44. The van der Waals surface area contributed by atoms with Gasteiger partial charge in [-0.3, -0.25) is 4.79 Å². The molecule has 3 aromatic rings. The number of aromatic nitrogens is 2. The molecule has 0 unspecified atom stereocenters. The third-order valence-corrected chi connectivity index (χ3v) is 4.26. The third-order valence-electron chi connectivity index (χ3n) is 3.93. The summed E-state index contributed by atoms with van der Waals surface area (Å²) in [7, 11) is 3.27. The van der Waals surface area contributed by atoms with E-state index in [9.17, 15) is 4.79 Å². The fraction of sp³-hybridized carbons (Fsp3) is 0.211. The van der Waals surface area contributed by atoms with Crippen LogP contribution in [0.1, 0.15) is 16.2 Å². The number of carbonyl (C=O) groups excluding carboxylic acids is 1. The van der Waals surface area contributed by atoms with Gasteiger partial charge in [0.1, 0.15) is 5.75 Å². The molecule has 0 fully saturated rings. The van der Waals surface area contributed by atoms with E-state index in [1.54, 1.807) is 43.3 Å². The Kier molecular flexibility index (Phi) is 5.53. The van der Waals surface area contributed by atoms with E-state index < -0.39 is 0 Å². The smallest absolute Gasteiger partial charge is 0.259 e. The number of nitrogens with zero attached hydrogens (tertiary/aromatic N) is 3. The molecule has 6 nitrogen and oxygen atoms in total. The minimum Gasteiger partial charge on any atom is -0.496 e. The summed E-state index contributed by atoms with van der Waals surface area (Å²) in [5.41, 5.74) is 1.20. The third kappa shape index (κ3) is 3.86. The molecule has 1 aromatic heterocycles. The van der Waals surface area contributed by atoms with Gasteiger partial charge in [-0.25, -0.2) is 0 Å². The fourth-order valence-electron chi connectivity index (χ4n) is 2.50. The Morgan fingerprint density at radius 2 is 1.92 bits per heavy atom. The Labute approximate surface area is 156 Å². The monoisotopic (exact) mass is 371 g/mol. The van der Waals surface area contributed by atoms with E-state index in [1.807, 2.05) is 24.3 Å². The first-order valence-electron chi connectivity index (χ1n) is 8.06. The molecule has 1 amide bonds. The summed E-state index contributed by atoms with van der Waals surface area (Å²) in [5.74, 6) is 1.30. The topological polar surface area (TPSA) is 68.5 Å². The summed E-state index contributed by atoms with van der Waals surface area (Å²) in [6.07, 6.45) is 0.464. The molecule has 0 aliphatic rings. The minimum atomic E-state index is -0.128. The average molecular weight is 372 g/mol. The van der Waals surface area contributed by atoms with Crippen LogP contribution in [-0.2, 0) is 6.42 Å². The highest BCUT2D eigenvalue weighted by atomic mass is 35.5. The van der Waals surface area contributed by atoms with Crippen LogP contribution in [0.5, 0.6) is 5.75 Å². The first-order chi connectivity index (χ1) is 12.6. The lowest BCUT2D eigenvalue weighted by atomic mass is 10.1. The first kappa shape index (κ1) is 17.9. The zero-order chi connectivity index (χ0) is 18.5. The molecule has 0 spiro atoms. The van der Waals surface area contributed by atoms with E-state index >= 15 is 0 Å². The normalized spacial score (nSPS) is 10.6.